The average Bonchev–Trinajstić information content (AvgIpc) is 3.21. The highest BCUT2D eigenvalue weighted by molar-refractivity contribution is 7.07. The Hall–Kier alpha value is -3.32. The maximum atomic E-state index is 11.0. The Labute approximate surface area is 191 Å². The Morgan fingerprint density at radius 2 is 1.84 bits per heavy atom. The van der Waals surface area contributed by atoms with Crippen molar-refractivity contribution in [3.05, 3.63) is 92.6 Å². The molecule has 0 N–H and O–H groups in total. The summed E-state index contributed by atoms with van der Waals surface area (Å²) in [4.78, 5) is 16.1. The number of nitro benzene ring substituents is 1. The Morgan fingerprint density at radius 1 is 1.16 bits per heavy atom. The molecule has 32 heavy (non-hydrogen) atoms. The van der Waals surface area contributed by atoms with E-state index < -0.39 is 0 Å². The van der Waals surface area contributed by atoms with Crippen LogP contribution in [0.3, 0.4) is 0 Å². The van der Waals surface area contributed by atoms with Crippen LogP contribution in [0.25, 0.3) is 11.3 Å². The van der Waals surface area contributed by atoms with Gasteiger partial charge in [0.1, 0.15) is 0 Å². The van der Waals surface area contributed by atoms with Crippen molar-refractivity contribution in [3.8, 4) is 11.3 Å². The first kappa shape index (κ1) is 21.9. The number of rotatable bonds is 6. The number of benzene rings is 2. The number of aromatic nitrogens is 1. The van der Waals surface area contributed by atoms with Crippen LogP contribution in [0.15, 0.2) is 82.2 Å². The lowest BCUT2D eigenvalue weighted by Crippen LogP contribution is -2.18. The van der Waals surface area contributed by atoms with Crippen LogP contribution in [-0.4, -0.2) is 21.9 Å². The molecular formula is C25H26N4O2S. The zero-order valence-electron chi connectivity index (χ0n) is 18.1. The van der Waals surface area contributed by atoms with Crippen LogP contribution in [0.2, 0.25) is 0 Å². The van der Waals surface area contributed by atoms with Crippen LogP contribution in [0.4, 0.5) is 5.69 Å². The van der Waals surface area contributed by atoms with Crippen molar-refractivity contribution in [2.45, 2.75) is 38.5 Å². The fraction of sp³-hybridized carbons (Fsp3) is 0.280. The molecule has 3 aromatic rings. The van der Waals surface area contributed by atoms with Gasteiger partial charge in [0.2, 0.25) is 4.80 Å². The second kappa shape index (κ2) is 9.87. The number of hydrogen-bond donors (Lipinski definition) is 0. The minimum atomic E-state index is -0.384. The van der Waals surface area contributed by atoms with Crippen molar-refractivity contribution in [3.63, 3.8) is 0 Å². The summed E-state index contributed by atoms with van der Waals surface area (Å²) in [5.74, 6) is 0.573. The van der Waals surface area contributed by atoms with E-state index in [-0.39, 0.29) is 10.6 Å². The molecule has 0 aliphatic heterocycles. The molecular weight excluding hydrogens is 420 g/mol. The summed E-state index contributed by atoms with van der Waals surface area (Å²) in [6, 6.07) is 17.3. The lowest BCUT2D eigenvalue weighted by atomic mass is 9.83. The van der Waals surface area contributed by atoms with Crippen LogP contribution >= 0.6 is 11.3 Å². The molecule has 0 bridgehead atoms. The molecule has 2 aromatic carbocycles. The third-order valence-electron chi connectivity index (χ3n) is 5.62. The Morgan fingerprint density at radius 3 is 2.47 bits per heavy atom. The van der Waals surface area contributed by atoms with E-state index >= 15 is 0 Å². The van der Waals surface area contributed by atoms with Crippen LogP contribution in [0.5, 0.6) is 0 Å². The van der Waals surface area contributed by atoms with Crippen LogP contribution in [0, 0.1) is 10.1 Å². The van der Waals surface area contributed by atoms with E-state index in [1.54, 1.807) is 12.1 Å². The topological polar surface area (TPSA) is 72.8 Å². The molecule has 7 heteroatoms. The number of nitro groups is 1. The molecule has 0 saturated heterocycles. The summed E-state index contributed by atoms with van der Waals surface area (Å²) in [6.07, 6.45) is 4.06. The molecule has 1 heterocycles. The third kappa shape index (κ3) is 5.11. The van der Waals surface area contributed by atoms with Gasteiger partial charge < -0.3 is 0 Å². The first-order chi connectivity index (χ1) is 15.5. The number of nitrogens with zero attached hydrogens (tertiary/aromatic N) is 4. The predicted molar refractivity (Wildman–Crippen MR) is 130 cm³/mol. The maximum absolute atomic E-state index is 11.0. The molecule has 0 radical (unpaired) electrons. The van der Waals surface area contributed by atoms with Crippen LogP contribution in [-0.2, 0) is 0 Å². The first-order valence-corrected chi connectivity index (χ1v) is 11.6. The quantitative estimate of drug-likeness (QED) is 0.258. The predicted octanol–water partition coefficient (Wildman–Crippen LogP) is 6.16. The van der Waals surface area contributed by atoms with Crippen molar-refractivity contribution in [2.24, 2.45) is 10.1 Å². The molecule has 0 unspecified atom stereocenters. The van der Waals surface area contributed by atoms with Gasteiger partial charge in [0.05, 0.1) is 17.2 Å². The van der Waals surface area contributed by atoms with Crippen molar-refractivity contribution < 1.29 is 4.92 Å². The third-order valence-corrected chi connectivity index (χ3v) is 6.47. The molecule has 1 aliphatic carbocycles. The zero-order valence-corrected chi connectivity index (χ0v) is 18.9. The SMILES string of the molecule is C=C(C)CN=c1scc(-c2ccc([N+](=O)[O-])cc2)n1N=C1CCC(c2ccccc2)CC1. The van der Waals surface area contributed by atoms with Crippen molar-refractivity contribution in [2.75, 3.05) is 6.54 Å². The van der Waals surface area contributed by atoms with E-state index in [4.69, 9.17) is 10.1 Å². The van der Waals surface area contributed by atoms with Crippen LogP contribution < -0.4 is 4.80 Å². The first-order valence-electron chi connectivity index (χ1n) is 10.7. The largest absolute Gasteiger partial charge is 0.269 e. The minimum Gasteiger partial charge on any atom is -0.258 e. The number of non-ortho nitro benzene ring substituents is 1. The Kier molecular flexibility index (Phi) is 6.75. The Balaban J connectivity index is 1.64. The average molecular weight is 447 g/mol. The lowest BCUT2D eigenvalue weighted by molar-refractivity contribution is -0.384. The molecule has 6 nitrogen and oxygen atoms in total. The minimum absolute atomic E-state index is 0.0771. The standard InChI is InChI=1S/C25H26N4O2S/c1-18(2)16-26-25-28(24(17-32-25)21-10-14-23(15-11-21)29(30)31)27-22-12-8-20(9-13-22)19-6-4-3-5-7-19/h3-7,10-11,14-15,17,20H,1,8-9,12-13,16H2,2H3. The second-order valence-corrected chi connectivity index (χ2v) is 8.98. The van der Waals surface area contributed by atoms with Gasteiger partial charge in [0.25, 0.3) is 5.69 Å². The summed E-state index contributed by atoms with van der Waals surface area (Å²) in [7, 11) is 0. The molecule has 0 amide bonds. The van der Waals surface area contributed by atoms with E-state index in [9.17, 15) is 10.1 Å². The molecule has 0 spiro atoms. The summed E-state index contributed by atoms with van der Waals surface area (Å²) in [5.41, 5.74) is 5.40. The van der Waals surface area contributed by atoms with E-state index in [2.05, 4.69) is 36.9 Å². The van der Waals surface area contributed by atoms with Crippen molar-refractivity contribution >= 4 is 22.7 Å². The highest BCUT2D eigenvalue weighted by atomic mass is 32.1. The van der Waals surface area contributed by atoms with E-state index in [1.807, 2.05) is 17.0 Å². The molecule has 1 aliphatic rings. The van der Waals surface area contributed by atoms with Gasteiger partial charge in [-0.25, -0.2) is 4.68 Å². The maximum Gasteiger partial charge on any atom is 0.269 e. The van der Waals surface area contributed by atoms with Gasteiger partial charge in [-0.05, 0) is 56.2 Å². The van der Waals surface area contributed by atoms with Gasteiger partial charge in [-0.15, -0.1) is 11.3 Å². The fourth-order valence-corrected chi connectivity index (χ4v) is 4.74. The van der Waals surface area contributed by atoms with Gasteiger partial charge in [-0.2, -0.15) is 5.10 Å². The highest BCUT2D eigenvalue weighted by Crippen LogP contribution is 2.32. The number of thiazole rings is 1. The molecule has 1 fully saturated rings. The summed E-state index contributed by atoms with van der Waals surface area (Å²) in [6.45, 7) is 6.44. The Bertz CT molecular complexity index is 1200. The fourth-order valence-electron chi connectivity index (χ4n) is 3.91. The molecule has 1 saturated carbocycles. The molecule has 1 aromatic heterocycles. The molecule has 4 rings (SSSR count). The van der Waals surface area contributed by atoms with E-state index in [0.29, 0.717) is 12.5 Å². The van der Waals surface area contributed by atoms with Crippen molar-refractivity contribution in [1.29, 1.82) is 0 Å². The highest BCUT2D eigenvalue weighted by Gasteiger charge is 2.20. The zero-order chi connectivity index (χ0) is 22.5. The smallest absolute Gasteiger partial charge is 0.258 e. The van der Waals surface area contributed by atoms with E-state index in [1.165, 1.54) is 29.0 Å². The second-order valence-electron chi connectivity index (χ2n) is 8.14. The van der Waals surface area contributed by atoms with Gasteiger partial charge >= 0.3 is 0 Å². The lowest BCUT2D eigenvalue weighted by Gasteiger charge is -2.23. The summed E-state index contributed by atoms with van der Waals surface area (Å²) >= 11 is 1.52. The van der Waals surface area contributed by atoms with Gasteiger partial charge in [0.15, 0.2) is 0 Å². The number of hydrogen-bond acceptors (Lipinski definition) is 5. The molecule has 0 atom stereocenters. The van der Waals surface area contributed by atoms with Crippen molar-refractivity contribution in [1.82, 2.24) is 4.68 Å². The summed E-state index contributed by atoms with van der Waals surface area (Å²) in [5, 5.41) is 18.0. The summed E-state index contributed by atoms with van der Waals surface area (Å²) < 4.78 is 1.90. The van der Waals surface area contributed by atoms with E-state index in [0.717, 1.165) is 53.0 Å². The van der Waals surface area contributed by atoms with Gasteiger partial charge in [0, 0.05) is 28.8 Å². The van der Waals surface area contributed by atoms with Gasteiger partial charge in [-0.1, -0.05) is 42.5 Å². The van der Waals surface area contributed by atoms with Gasteiger partial charge in [-0.3, -0.25) is 15.1 Å². The monoisotopic (exact) mass is 446 g/mol. The van der Waals surface area contributed by atoms with Crippen LogP contribution in [0.1, 0.15) is 44.1 Å². The molecule has 164 valence electrons. The normalized spacial score (nSPS) is 16.7.